The molecule has 0 amide bonds. The van der Waals surface area contributed by atoms with Crippen LogP contribution in [0.1, 0.15) is 11.3 Å². The van der Waals surface area contributed by atoms with Gasteiger partial charge in [-0.1, -0.05) is 0 Å². The van der Waals surface area contributed by atoms with Gasteiger partial charge in [0.1, 0.15) is 12.1 Å². The van der Waals surface area contributed by atoms with Crippen molar-refractivity contribution in [2.75, 3.05) is 0 Å². The number of phenolic OH excluding ortho intramolecular Hbond substituents is 1. The number of hydrogen-bond acceptors (Lipinski definition) is 5. The van der Waals surface area contributed by atoms with Gasteiger partial charge in [-0.2, -0.15) is 0 Å². The van der Waals surface area contributed by atoms with Crippen LogP contribution in [0.3, 0.4) is 0 Å². The summed E-state index contributed by atoms with van der Waals surface area (Å²) >= 11 is 0. The highest BCUT2D eigenvalue weighted by Crippen LogP contribution is 2.24. The van der Waals surface area contributed by atoms with E-state index >= 15 is 0 Å². The number of aromatic nitrogens is 2. The fourth-order valence-corrected chi connectivity index (χ4v) is 1.42. The molecule has 18 heavy (non-hydrogen) atoms. The summed E-state index contributed by atoms with van der Waals surface area (Å²) in [6.07, 6.45) is 6.10. The second-order valence-electron chi connectivity index (χ2n) is 3.47. The molecule has 0 fully saturated rings. The Hall–Kier alpha value is -2.76. The van der Waals surface area contributed by atoms with Gasteiger partial charge in [0, 0.05) is 12.3 Å². The first kappa shape index (κ1) is 11.7. The van der Waals surface area contributed by atoms with Crippen molar-refractivity contribution in [3.8, 4) is 5.75 Å². The van der Waals surface area contributed by atoms with Gasteiger partial charge in [-0.05, 0) is 30.4 Å². The molecule has 90 valence electrons. The summed E-state index contributed by atoms with van der Waals surface area (Å²) in [5, 5.41) is 20.1. The summed E-state index contributed by atoms with van der Waals surface area (Å²) in [7, 11) is 0. The van der Waals surface area contributed by atoms with Crippen LogP contribution in [0.25, 0.3) is 12.2 Å². The number of hydrogen-bond donors (Lipinski definition) is 1. The highest BCUT2D eigenvalue weighted by atomic mass is 16.6. The van der Waals surface area contributed by atoms with Crippen LogP contribution in [0.2, 0.25) is 0 Å². The third-order valence-electron chi connectivity index (χ3n) is 2.25. The van der Waals surface area contributed by atoms with Crippen molar-refractivity contribution in [3.05, 3.63) is 58.2 Å². The van der Waals surface area contributed by atoms with E-state index in [1.807, 2.05) is 0 Å². The van der Waals surface area contributed by atoms with E-state index < -0.39 is 4.92 Å². The van der Waals surface area contributed by atoms with E-state index in [1.165, 1.54) is 30.6 Å². The van der Waals surface area contributed by atoms with Crippen LogP contribution in [-0.4, -0.2) is 20.0 Å². The lowest BCUT2D eigenvalue weighted by molar-refractivity contribution is -0.385. The molecule has 0 aliphatic heterocycles. The smallest absolute Gasteiger partial charge is 0.276 e. The Morgan fingerprint density at radius 3 is 2.78 bits per heavy atom. The van der Waals surface area contributed by atoms with Crippen LogP contribution in [-0.2, 0) is 0 Å². The van der Waals surface area contributed by atoms with Gasteiger partial charge < -0.3 is 5.11 Å². The summed E-state index contributed by atoms with van der Waals surface area (Å²) in [6.45, 7) is 0. The van der Waals surface area contributed by atoms with Crippen LogP contribution in [0, 0.1) is 10.1 Å². The number of nitrogens with zero attached hydrogens (tertiary/aromatic N) is 3. The van der Waals surface area contributed by atoms with Crippen molar-refractivity contribution < 1.29 is 10.0 Å². The number of phenols is 1. The molecule has 1 N–H and O–H groups in total. The van der Waals surface area contributed by atoms with E-state index in [0.29, 0.717) is 11.3 Å². The minimum Gasteiger partial charge on any atom is -0.508 e. The average Bonchev–Trinajstić information content (AvgIpc) is 2.37. The van der Waals surface area contributed by atoms with Crippen LogP contribution in [0.4, 0.5) is 5.69 Å². The Balaban J connectivity index is 2.36. The molecule has 0 atom stereocenters. The molecule has 2 aromatic rings. The number of aromatic hydroxyl groups is 1. The molecule has 0 saturated carbocycles. The summed E-state index contributed by atoms with van der Waals surface area (Å²) in [6, 6.07) is 5.54. The van der Waals surface area contributed by atoms with Gasteiger partial charge in [-0.3, -0.25) is 10.1 Å². The van der Waals surface area contributed by atoms with Crippen molar-refractivity contribution in [1.29, 1.82) is 0 Å². The second-order valence-corrected chi connectivity index (χ2v) is 3.47. The molecule has 0 unspecified atom stereocenters. The zero-order valence-corrected chi connectivity index (χ0v) is 9.22. The molecule has 0 spiro atoms. The van der Waals surface area contributed by atoms with Crippen LogP contribution < -0.4 is 0 Å². The Kier molecular flexibility index (Phi) is 3.29. The molecule has 0 radical (unpaired) electrons. The van der Waals surface area contributed by atoms with E-state index in [9.17, 15) is 15.2 Å². The monoisotopic (exact) mass is 243 g/mol. The van der Waals surface area contributed by atoms with Gasteiger partial charge >= 0.3 is 0 Å². The molecule has 0 saturated heterocycles. The lowest BCUT2D eigenvalue weighted by Gasteiger charge is -1.98. The Morgan fingerprint density at radius 2 is 2.11 bits per heavy atom. The normalized spacial score (nSPS) is 10.7. The first-order chi connectivity index (χ1) is 8.66. The molecule has 1 aromatic heterocycles. The molecule has 1 heterocycles. The summed E-state index contributed by atoms with van der Waals surface area (Å²) in [5.74, 6) is -0.0251. The molecule has 2 rings (SSSR count). The lowest BCUT2D eigenvalue weighted by Crippen LogP contribution is -1.91. The minimum atomic E-state index is -0.501. The maximum absolute atomic E-state index is 10.8. The number of benzene rings is 1. The predicted molar refractivity (Wildman–Crippen MR) is 65.7 cm³/mol. The quantitative estimate of drug-likeness (QED) is 0.659. The summed E-state index contributed by atoms with van der Waals surface area (Å²) in [5.41, 5.74) is 0.874. The average molecular weight is 243 g/mol. The first-order valence-corrected chi connectivity index (χ1v) is 5.08. The van der Waals surface area contributed by atoms with Gasteiger partial charge in [0.15, 0.2) is 0 Å². The maximum Gasteiger partial charge on any atom is 0.276 e. The van der Waals surface area contributed by atoms with Crippen molar-refractivity contribution in [3.63, 3.8) is 0 Å². The summed E-state index contributed by atoms with van der Waals surface area (Å²) in [4.78, 5) is 18.0. The van der Waals surface area contributed by atoms with E-state index in [2.05, 4.69) is 9.97 Å². The molecule has 0 aliphatic rings. The highest BCUT2D eigenvalue weighted by molar-refractivity contribution is 5.73. The van der Waals surface area contributed by atoms with Gasteiger partial charge in [0.2, 0.25) is 0 Å². The van der Waals surface area contributed by atoms with Gasteiger partial charge in [-0.25, -0.2) is 9.97 Å². The minimum absolute atomic E-state index is 0.0251. The van der Waals surface area contributed by atoms with Gasteiger partial charge in [0.25, 0.3) is 5.69 Å². The van der Waals surface area contributed by atoms with Crippen LogP contribution in [0.5, 0.6) is 5.75 Å². The van der Waals surface area contributed by atoms with Crippen molar-refractivity contribution in [2.45, 2.75) is 0 Å². The topological polar surface area (TPSA) is 89.2 Å². The van der Waals surface area contributed by atoms with E-state index in [0.717, 1.165) is 0 Å². The third kappa shape index (κ3) is 2.67. The zero-order chi connectivity index (χ0) is 13.0. The molecule has 1 aromatic carbocycles. The Morgan fingerprint density at radius 1 is 1.28 bits per heavy atom. The number of nitro groups is 1. The highest BCUT2D eigenvalue weighted by Gasteiger charge is 2.11. The lowest BCUT2D eigenvalue weighted by atomic mass is 10.1. The number of rotatable bonds is 3. The molecule has 0 bridgehead atoms. The van der Waals surface area contributed by atoms with Crippen LogP contribution >= 0.6 is 0 Å². The largest absolute Gasteiger partial charge is 0.508 e. The first-order valence-electron chi connectivity index (χ1n) is 5.08. The summed E-state index contributed by atoms with van der Waals surface area (Å²) < 4.78 is 0. The third-order valence-corrected chi connectivity index (χ3v) is 2.25. The van der Waals surface area contributed by atoms with Crippen molar-refractivity contribution in [1.82, 2.24) is 9.97 Å². The van der Waals surface area contributed by atoms with Crippen molar-refractivity contribution in [2.24, 2.45) is 0 Å². The van der Waals surface area contributed by atoms with Gasteiger partial charge in [0.05, 0.1) is 16.2 Å². The SMILES string of the molecule is O=[N+]([O-])c1ccc(O)cc1/C=C/c1ccncn1. The Bertz CT molecular complexity index is 597. The maximum atomic E-state index is 10.8. The van der Waals surface area contributed by atoms with Crippen molar-refractivity contribution >= 4 is 17.8 Å². The fraction of sp³-hybridized carbons (Fsp3) is 0. The van der Waals surface area contributed by atoms with E-state index in [-0.39, 0.29) is 11.4 Å². The predicted octanol–water partition coefficient (Wildman–Crippen LogP) is 2.26. The Labute approximate surface area is 102 Å². The van der Waals surface area contributed by atoms with E-state index in [1.54, 1.807) is 18.3 Å². The standard InChI is InChI=1S/C12H9N3O3/c16-11-3-4-12(15(17)18)9(7-11)1-2-10-5-6-13-8-14-10/h1-8,16H/b2-1+. The fourth-order valence-electron chi connectivity index (χ4n) is 1.42. The van der Waals surface area contributed by atoms with Gasteiger partial charge in [-0.15, -0.1) is 0 Å². The van der Waals surface area contributed by atoms with Crippen LogP contribution in [0.15, 0.2) is 36.8 Å². The zero-order valence-electron chi connectivity index (χ0n) is 9.22. The van der Waals surface area contributed by atoms with E-state index in [4.69, 9.17) is 0 Å². The molecular weight excluding hydrogens is 234 g/mol. The molecule has 6 nitrogen and oxygen atoms in total. The number of nitro benzene ring substituents is 1. The molecular formula is C12H9N3O3. The molecule has 0 aliphatic carbocycles. The second kappa shape index (κ2) is 5.05. The molecule has 6 heteroatoms.